The maximum absolute atomic E-state index is 13.0. The zero-order valence-electron chi connectivity index (χ0n) is 9.05. The van der Waals surface area contributed by atoms with Crippen molar-refractivity contribution in [3.05, 3.63) is 35.4 Å². The largest absolute Gasteiger partial charge is 0.271 e. The van der Waals surface area contributed by atoms with Crippen molar-refractivity contribution in [3.63, 3.8) is 0 Å². The first-order chi connectivity index (χ1) is 7.69. The SMILES string of the molecule is NNC(CC1CCC1)c1cc(F)cc(F)c1. The van der Waals surface area contributed by atoms with E-state index in [0.717, 1.165) is 12.5 Å². The van der Waals surface area contributed by atoms with E-state index in [2.05, 4.69) is 5.43 Å². The molecule has 16 heavy (non-hydrogen) atoms. The third kappa shape index (κ3) is 2.57. The van der Waals surface area contributed by atoms with Crippen molar-refractivity contribution in [2.45, 2.75) is 31.7 Å². The number of hydrogen-bond donors (Lipinski definition) is 2. The summed E-state index contributed by atoms with van der Waals surface area (Å²) in [5.41, 5.74) is 3.23. The van der Waals surface area contributed by atoms with Gasteiger partial charge < -0.3 is 0 Å². The highest BCUT2D eigenvalue weighted by Gasteiger charge is 2.23. The Balaban J connectivity index is 2.11. The molecule has 1 aromatic rings. The highest BCUT2D eigenvalue weighted by Crippen LogP contribution is 2.34. The van der Waals surface area contributed by atoms with Crippen LogP contribution in [0.5, 0.6) is 0 Å². The van der Waals surface area contributed by atoms with E-state index in [-0.39, 0.29) is 6.04 Å². The molecule has 0 radical (unpaired) electrons. The summed E-state index contributed by atoms with van der Waals surface area (Å²) in [6.07, 6.45) is 4.48. The molecule has 1 fully saturated rings. The van der Waals surface area contributed by atoms with E-state index in [9.17, 15) is 8.78 Å². The van der Waals surface area contributed by atoms with Gasteiger partial charge in [0.25, 0.3) is 0 Å². The Morgan fingerprint density at radius 2 is 1.88 bits per heavy atom. The Morgan fingerprint density at radius 3 is 2.31 bits per heavy atom. The van der Waals surface area contributed by atoms with Gasteiger partial charge in [-0.05, 0) is 30.0 Å². The molecule has 88 valence electrons. The standard InChI is InChI=1S/C12H16F2N2/c13-10-5-9(6-11(14)7-10)12(16-15)4-8-2-1-3-8/h5-8,12,16H,1-4,15H2. The van der Waals surface area contributed by atoms with E-state index in [0.29, 0.717) is 11.5 Å². The van der Waals surface area contributed by atoms with Gasteiger partial charge in [-0.15, -0.1) is 0 Å². The minimum absolute atomic E-state index is 0.157. The van der Waals surface area contributed by atoms with Crippen LogP contribution in [-0.2, 0) is 0 Å². The monoisotopic (exact) mass is 226 g/mol. The molecule has 0 bridgehead atoms. The minimum Gasteiger partial charge on any atom is -0.271 e. The van der Waals surface area contributed by atoms with Gasteiger partial charge in [0.1, 0.15) is 11.6 Å². The molecule has 3 N–H and O–H groups in total. The summed E-state index contributed by atoms with van der Waals surface area (Å²) in [4.78, 5) is 0. The van der Waals surface area contributed by atoms with E-state index in [1.807, 2.05) is 0 Å². The topological polar surface area (TPSA) is 38.0 Å². The van der Waals surface area contributed by atoms with Gasteiger partial charge in [0.15, 0.2) is 0 Å². The van der Waals surface area contributed by atoms with Gasteiger partial charge in [-0.1, -0.05) is 19.3 Å². The molecular weight excluding hydrogens is 210 g/mol. The molecule has 1 aromatic carbocycles. The van der Waals surface area contributed by atoms with Gasteiger partial charge in [-0.25, -0.2) is 8.78 Å². The molecule has 2 rings (SSSR count). The van der Waals surface area contributed by atoms with Crippen molar-refractivity contribution in [2.75, 3.05) is 0 Å². The van der Waals surface area contributed by atoms with Crippen LogP contribution in [0.25, 0.3) is 0 Å². The first-order valence-corrected chi connectivity index (χ1v) is 5.61. The summed E-state index contributed by atoms with van der Waals surface area (Å²) < 4.78 is 26.1. The molecule has 1 atom stereocenters. The molecule has 0 amide bonds. The van der Waals surface area contributed by atoms with Crippen LogP contribution in [0.1, 0.15) is 37.3 Å². The zero-order chi connectivity index (χ0) is 11.5. The summed E-state index contributed by atoms with van der Waals surface area (Å²) in [5, 5.41) is 0. The molecule has 0 aliphatic heterocycles. The van der Waals surface area contributed by atoms with Crippen LogP contribution >= 0.6 is 0 Å². The van der Waals surface area contributed by atoms with Crippen molar-refractivity contribution in [3.8, 4) is 0 Å². The lowest BCUT2D eigenvalue weighted by molar-refractivity contribution is 0.261. The molecule has 4 heteroatoms. The average molecular weight is 226 g/mol. The maximum atomic E-state index is 13.0. The molecule has 1 saturated carbocycles. The van der Waals surface area contributed by atoms with Crippen LogP contribution in [-0.4, -0.2) is 0 Å². The first-order valence-electron chi connectivity index (χ1n) is 5.61. The summed E-state index contributed by atoms with van der Waals surface area (Å²) >= 11 is 0. The summed E-state index contributed by atoms with van der Waals surface area (Å²) in [7, 11) is 0. The normalized spacial score (nSPS) is 18.2. The van der Waals surface area contributed by atoms with E-state index in [1.54, 1.807) is 0 Å². The zero-order valence-corrected chi connectivity index (χ0v) is 9.05. The number of nitrogens with one attached hydrogen (secondary N) is 1. The number of halogens is 2. The van der Waals surface area contributed by atoms with E-state index < -0.39 is 11.6 Å². The molecule has 1 unspecified atom stereocenters. The third-order valence-electron chi connectivity index (χ3n) is 3.28. The predicted octanol–water partition coefficient (Wildman–Crippen LogP) is 2.66. The van der Waals surface area contributed by atoms with Gasteiger partial charge in [0, 0.05) is 12.1 Å². The van der Waals surface area contributed by atoms with Crippen molar-refractivity contribution >= 4 is 0 Å². The second-order valence-electron chi connectivity index (χ2n) is 4.45. The number of nitrogens with two attached hydrogens (primary N) is 1. The quantitative estimate of drug-likeness (QED) is 0.612. The highest BCUT2D eigenvalue weighted by molar-refractivity contribution is 5.21. The predicted molar refractivity (Wildman–Crippen MR) is 58.4 cm³/mol. The smallest absolute Gasteiger partial charge is 0.126 e. The van der Waals surface area contributed by atoms with Crippen LogP contribution in [0.2, 0.25) is 0 Å². The fraction of sp³-hybridized carbons (Fsp3) is 0.500. The Hall–Kier alpha value is -1.00. The Morgan fingerprint density at radius 1 is 1.25 bits per heavy atom. The van der Waals surface area contributed by atoms with E-state index in [1.165, 1.54) is 31.4 Å². The molecule has 0 heterocycles. The van der Waals surface area contributed by atoms with Gasteiger partial charge >= 0.3 is 0 Å². The fourth-order valence-corrected chi connectivity index (χ4v) is 2.14. The van der Waals surface area contributed by atoms with Crippen LogP contribution < -0.4 is 11.3 Å². The Labute approximate surface area is 93.8 Å². The van der Waals surface area contributed by atoms with E-state index >= 15 is 0 Å². The maximum Gasteiger partial charge on any atom is 0.126 e. The average Bonchev–Trinajstić information content (AvgIpc) is 2.14. The van der Waals surface area contributed by atoms with Crippen molar-refractivity contribution in [1.29, 1.82) is 0 Å². The second kappa shape index (κ2) is 4.89. The van der Waals surface area contributed by atoms with Crippen molar-refractivity contribution < 1.29 is 8.78 Å². The molecule has 0 aromatic heterocycles. The van der Waals surface area contributed by atoms with Crippen LogP contribution in [0, 0.1) is 17.6 Å². The van der Waals surface area contributed by atoms with Gasteiger partial charge in [-0.3, -0.25) is 11.3 Å². The Bertz CT molecular complexity index is 344. The number of hydrogen-bond acceptors (Lipinski definition) is 2. The summed E-state index contributed by atoms with van der Waals surface area (Å²) in [6, 6.07) is 3.40. The molecule has 0 spiro atoms. The number of hydrazine groups is 1. The Kier molecular flexibility index (Phi) is 3.51. The van der Waals surface area contributed by atoms with Gasteiger partial charge in [0.05, 0.1) is 0 Å². The van der Waals surface area contributed by atoms with Crippen LogP contribution in [0.15, 0.2) is 18.2 Å². The molecule has 1 aliphatic carbocycles. The van der Waals surface area contributed by atoms with Crippen molar-refractivity contribution in [1.82, 2.24) is 5.43 Å². The summed E-state index contributed by atoms with van der Waals surface area (Å²) in [5.74, 6) is 4.97. The number of benzene rings is 1. The highest BCUT2D eigenvalue weighted by atomic mass is 19.1. The molecule has 2 nitrogen and oxygen atoms in total. The number of rotatable bonds is 4. The second-order valence-corrected chi connectivity index (χ2v) is 4.45. The fourth-order valence-electron chi connectivity index (χ4n) is 2.14. The van der Waals surface area contributed by atoms with Gasteiger partial charge in [-0.2, -0.15) is 0 Å². The van der Waals surface area contributed by atoms with Crippen LogP contribution in [0.4, 0.5) is 8.78 Å². The summed E-state index contributed by atoms with van der Waals surface area (Å²) in [6.45, 7) is 0. The molecule has 1 aliphatic rings. The van der Waals surface area contributed by atoms with E-state index in [4.69, 9.17) is 5.84 Å². The van der Waals surface area contributed by atoms with Crippen molar-refractivity contribution in [2.24, 2.45) is 11.8 Å². The lowest BCUT2D eigenvalue weighted by atomic mass is 9.80. The van der Waals surface area contributed by atoms with Crippen LogP contribution in [0.3, 0.4) is 0 Å². The molecular formula is C12H16F2N2. The minimum atomic E-state index is -0.552. The first kappa shape index (κ1) is 11.5. The van der Waals surface area contributed by atoms with Gasteiger partial charge in [0.2, 0.25) is 0 Å². The lowest BCUT2D eigenvalue weighted by Gasteiger charge is -2.29. The lowest BCUT2D eigenvalue weighted by Crippen LogP contribution is -2.31. The molecule has 0 saturated heterocycles. The third-order valence-corrected chi connectivity index (χ3v) is 3.28.